The summed E-state index contributed by atoms with van der Waals surface area (Å²) in [5.41, 5.74) is 1.12. The van der Waals surface area contributed by atoms with Crippen LogP contribution in [0.2, 0.25) is 10.0 Å². The highest BCUT2D eigenvalue weighted by molar-refractivity contribution is 6.35. The molecule has 2 aromatic rings. The smallest absolute Gasteiger partial charge is 0.244 e. The molecule has 6 rings (SSSR count). The molecule has 4 saturated carbocycles. The van der Waals surface area contributed by atoms with E-state index in [4.69, 9.17) is 27.6 Å². The Kier molecular flexibility index (Phi) is 5.23. The van der Waals surface area contributed by atoms with E-state index in [-0.39, 0.29) is 11.9 Å². The molecule has 0 spiro atoms. The van der Waals surface area contributed by atoms with Gasteiger partial charge in [0.25, 0.3) is 0 Å². The maximum Gasteiger partial charge on any atom is 0.244 e. The van der Waals surface area contributed by atoms with Crippen molar-refractivity contribution in [1.82, 2.24) is 5.32 Å². The van der Waals surface area contributed by atoms with Gasteiger partial charge in [0.15, 0.2) is 0 Å². The Labute approximate surface area is 187 Å². The van der Waals surface area contributed by atoms with Crippen LogP contribution in [0, 0.1) is 23.2 Å². The van der Waals surface area contributed by atoms with Crippen molar-refractivity contribution in [2.45, 2.75) is 51.5 Å². The van der Waals surface area contributed by atoms with Crippen LogP contribution in [0.4, 0.5) is 0 Å². The molecule has 0 aliphatic heterocycles. The van der Waals surface area contributed by atoms with Gasteiger partial charge in [0.05, 0.1) is 0 Å². The van der Waals surface area contributed by atoms with Crippen LogP contribution in [0.1, 0.15) is 51.2 Å². The predicted molar refractivity (Wildman–Crippen MR) is 121 cm³/mol. The molecule has 4 aliphatic rings. The lowest BCUT2D eigenvalue weighted by Gasteiger charge is -2.59. The molecule has 3 nitrogen and oxygen atoms in total. The molecule has 0 radical (unpaired) electrons. The highest BCUT2D eigenvalue weighted by Crippen LogP contribution is 2.61. The quantitative estimate of drug-likeness (QED) is 0.505. The summed E-state index contributed by atoms with van der Waals surface area (Å²) in [4.78, 5) is 12.6. The summed E-state index contributed by atoms with van der Waals surface area (Å²) in [6.45, 7) is 2.20. The van der Waals surface area contributed by atoms with Crippen LogP contribution >= 0.6 is 23.2 Å². The second-order valence-corrected chi connectivity index (χ2v) is 10.6. The summed E-state index contributed by atoms with van der Waals surface area (Å²) >= 11 is 12.2. The SMILES string of the molecule is C[C@H](NC(=O)/C=C/c1ccc(-c2cc(Cl)cc(Cl)c2)o1)C12CC3CC(CC(C3)C1)C2. The Morgan fingerprint density at radius 2 is 1.67 bits per heavy atom. The van der Waals surface area contributed by atoms with Crippen LogP contribution in [0.3, 0.4) is 0 Å². The molecular formula is C25H27Cl2NO2. The zero-order valence-corrected chi connectivity index (χ0v) is 18.7. The molecule has 5 heteroatoms. The van der Waals surface area contributed by atoms with Gasteiger partial charge < -0.3 is 9.73 Å². The van der Waals surface area contributed by atoms with E-state index >= 15 is 0 Å². The fourth-order valence-electron chi connectivity index (χ4n) is 6.57. The number of hydrogen-bond acceptors (Lipinski definition) is 2. The molecule has 4 fully saturated rings. The Hall–Kier alpha value is -1.71. The van der Waals surface area contributed by atoms with Crippen molar-refractivity contribution >= 4 is 35.2 Å². The second kappa shape index (κ2) is 7.76. The monoisotopic (exact) mass is 443 g/mol. The molecular weight excluding hydrogens is 417 g/mol. The average Bonchev–Trinajstić information content (AvgIpc) is 3.14. The van der Waals surface area contributed by atoms with Crippen molar-refractivity contribution in [3.05, 3.63) is 52.2 Å². The van der Waals surface area contributed by atoms with Crippen LogP contribution in [0.15, 0.2) is 40.8 Å². The first kappa shape index (κ1) is 20.2. The van der Waals surface area contributed by atoms with Crippen LogP contribution < -0.4 is 5.32 Å². The molecule has 0 unspecified atom stereocenters. The maximum absolute atomic E-state index is 12.6. The van der Waals surface area contributed by atoms with E-state index in [0.717, 1.165) is 23.3 Å². The standard InChI is InChI=1S/C25H27Cl2NO2/c1-15(25-12-16-6-17(13-25)8-18(7-16)14-25)28-24(29)5-3-22-2-4-23(30-22)19-9-20(26)11-21(27)10-19/h2-5,9-11,15-18H,6-8,12-14H2,1H3,(H,28,29)/b5-3+/t15-,16?,17?,18?,25?/m0/s1. The van der Waals surface area contributed by atoms with Gasteiger partial charge in [-0.15, -0.1) is 0 Å². The molecule has 4 aliphatic carbocycles. The van der Waals surface area contributed by atoms with Gasteiger partial charge in [0.1, 0.15) is 11.5 Å². The molecule has 1 aromatic heterocycles. The number of amides is 1. The zero-order valence-electron chi connectivity index (χ0n) is 17.2. The number of benzene rings is 1. The second-order valence-electron chi connectivity index (χ2n) is 9.70. The third-order valence-electron chi connectivity index (χ3n) is 7.54. The number of carbonyl (C=O) groups is 1. The highest BCUT2D eigenvalue weighted by atomic mass is 35.5. The number of nitrogens with one attached hydrogen (secondary N) is 1. The minimum Gasteiger partial charge on any atom is -0.457 e. The van der Waals surface area contributed by atoms with Crippen molar-refractivity contribution in [3.8, 4) is 11.3 Å². The normalized spacial score (nSPS) is 30.7. The molecule has 1 N–H and O–H groups in total. The molecule has 1 heterocycles. The average molecular weight is 444 g/mol. The van der Waals surface area contributed by atoms with E-state index in [1.54, 1.807) is 30.4 Å². The van der Waals surface area contributed by atoms with Gasteiger partial charge in [-0.25, -0.2) is 0 Å². The highest BCUT2D eigenvalue weighted by Gasteiger charge is 2.53. The number of halogens is 2. The van der Waals surface area contributed by atoms with Crippen molar-refractivity contribution < 1.29 is 9.21 Å². The summed E-state index contributed by atoms with van der Waals surface area (Å²) in [6.07, 6.45) is 11.4. The van der Waals surface area contributed by atoms with Crippen molar-refractivity contribution in [3.63, 3.8) is 0 Å². The minimum absolute atomic E-state index is 0.0537. The fraction of sp³-hybridized carbons (Fsp3) is 0.480. The summed E-state index contributed by atoms with van der Waals surface area (Å²) in [7, 11) is 0. The number of furan rings is 1. The third kappa shape index (κ3) is 3.94. The minimum atomic E-state index is -0.0537. The fourth-order valence-corrected chi connectivity index (χ4v) is 7.10. The van der Waals surface area contributed by atoms with E-state index in [1.807, 2.05) is 12.1 Å². The lowest BCUT2D eigenvalue weighted by Crippen LogP contribution is -2.55. The zero-order chi connectivity index (χ0) is 20.9. The van der Waals surface area contributed by atoms with Crippen molar-refractivity contribution in [1.29, 1.82) is 0 Å². The van der Waals surface area contributed by atoms with Crippen LogP contribution in [0.5, 0.6) is 0 Å². The summed E-state index contributed by atoms with van der Waals surface area (Å²) in [6, 6.07) is 9.21. The first-order valence-electron chi connectivity index (χ1n) is 10.9. The topological polar surface area (TPSA) is 42.2 Å². The van der Waals surface area contributed by atoms with Gasteiger partial charge in [-0.05, 0) is 105 Å². The lowest BCUT2D eigenvalue weighted by atomic mass is 9.48. The van der Waals surface area contributed by atoms with E-state index in [2.05, 4.69) is 12.2 Å². The molecule has 30 heavy (non-hydrogen) atoms. The molecule has 4 bridgehead atoms. The van der Waals surface area contributed by atoms with Crippen molar-refractivity contribution in [2.75, 3.05) is 0 Å². The number of carbonyl (C=O) groups excluding carboxylic acids is 1. The Morgan fingerprint density at radius 3 is 2.27 bits per heavy atom. The van der Waals surface area contributed by atoms with Gasteiger partial charge in [0.2, 0.25) is 5.91 Å². The first-order chi connectivity index (χ1) is 14.4. The van der Waals surface area contributed by atoms with E-state index in [1.165, 1.54) is 38.5 Å². The molecule has 1 aromatic carbocycles. The summed E-state index contributed by atoms with van der Waals surface area (Å²) in [5.74, 6) is 3.88. The first-order valence-corrected chi connectivity index (χ1v) is 11.7. The van der Waals surface area contributed by atoms with Crippen LogP contribution in [-0.4, -0.2) is 11.9 Å². The molecule has 158 valence electrons. The predicted octanol–water partition coefficient (Wildman–Crippen LogP) is 6.99. The van der Waals surface area contributed by atoms with Gasteiger partial charge >= 0.3 is 0 Å². The summed E-state index contributed by atoms with van der Waals surface area (Å²) in [5, 5.41) is 4.38. The Morgan fingerprint density at radius 1 is 1.07 bits per heavy atom. The van der Waals surface area contributed by atoms with Gasteiger partial charge in [-0.3, -0.25) is 4.79 Å². The van der Waals surface area contributed by atoms with E-state index in [9.17, 15) is 4.79 Å². The van der Waals surface area contributed by atoms with Crippen LogP contribution in [-0.2, 0) is 4.79 Å². The summed E-state index contributed by atoms with van der Waals surface area (Å²) < 4.78 is 5.85. The van der Waals surface area contributed by atoms with Gasteiger partial charge in [0, 0.05) is 27.7 Å². The lowest BCUT2D eigenvalue weighted by molar-refractivity contribution is -0.121. The van der Waals surface area contributed by atoms with Gasteiger partial charge in [-0.1, -0.05) is 23.2 Å². The largest absolute Gasteiger partial charge is 0.457 e. The Balaban J connectivity index is 1.23. The number of hydrogen-bond donors (Lipinski definition) is 1. The molecule has 0 saturated heterocycles. The Bertz CT molecular complexity index is 937. The molecule has 1 amide bonds. The molecule has 1 atom stereocenters. The number of rotatable bonds is 5. The van der Waals surface area contributed by atoms with Crippen LogP contribution in [0.25, 0.3) is 17.4 Å². The van der Waals surface area contributed by atoms with E-state index in [0.29, 0.717) is 27.0 Å². The maximum atomic E-state index is 12.6. The van der Waals surface area contributed by atoms with Crippen molar-refractivity contribution in [2.24, 2.45) is 23.2 Å². The van der Waals surface area contributed by atoms with Gasteiger partial charge in [-0.2, -0.15) is 0 Å². The van der Waals surface area contributed by atoms with E-state index < -0.39 is 0 Å². The third-order valence-corrected chi connectivity index (χ3v) is 7.97.